The number of rotatable bonds is 4. The number of nitrogens with zero attached hydrogens (tertiary/aromatic N) is 1. The van der Waals surface area contributed by atoms with Gasteiger partial charge in [-0.25, -0.2) is 0 Å². The number of nitro benzene ring substituents is 1. The molecule has 0 atom stereocenters. The standard InChI is InChI=1S/C14H12ClN3O2S/c15-11-6-4-10(5-7-11)9-16-14(21)17-12-2-1-3-13(8-12)18(19)20/h1-8H,9H2,(H2,16,17,21). The number of nitrogens with one attached hydrogen (secondary N) is 2. The first kappa shape index (κ1) is 15.2. The Kier molecular flexibility index (Phi) is 5.08. The van der Waals surface area contributed by atoms with Gasteiger partial charge in [-0.2, -0.15) is 0 Å². The van der Waals surface area contributed by atoms with Crippen molar-refractivity contribution >= 4 is 40.3 Å². The van der Waals surface area contributed by atoms with Gasteiger partial charge in [0.15, 0.2) is 5.11 Å². The van der Waals surface area contributed by atoms with E-state index < -0.39 is 4.92 Å². The topological polar surface area (TPSA) is 67.2 Å². The van der Waals surface area contributed by atoms with E-state index >= 15 is 0 Å². The molecule has 0 amide bonds. The second-order valence-electron chi connectivity index (χ2n) is 4.24. The van der Waals surface area contributed by atoms with Gasteiger partial charge in [0.1, 0.15) is 0 Å². The van der Waals surface area contributed by atoms with Crippen molar-refractivity contribution in [3.63, 3.8) is 0 Å². The van der Waals surface area contributed by atoms with Gasteiger partial charge >= 0.3 is 0 Å². The molecule has 0 saturated heterocycles. The van der Waals surface area contributed by atoms with Crippen LogP contribution in [0.1, 0.15) is 5.56 Å². The molecule has 0 bridgehead atoms. The molecule has 2 rings (SSSR count). The Hall–Kier alpha value is -2.18. The van der Waals surface area contributed by atoms with Crippen LogP contribution in [-0.4, -0.2) is 10.0 Å². The maximum Gasteiger partial charge on any atom is 0.271 e. The van der Waals surface area contributed by atoms with E-state index in [0.717, 1.165) is 5.56 Å². The lowest BCUT2D eigenvalue weighted by atomic mass is 10.2. The zero-order valence-corrected chi connectivity index (χ0v) is 12.4. The number of hydrogen-bond donors (Lipinski definition) is 2. The number of non-ortho nitro benzene ring substituents is 1. The van der Waals surface area contributed by atoms with Crippen molar-refractivity contribution in [1.82, 2.24) is 5.32 Å². The molecule has 2 N–H and O–H groups in total. The summed E-state index contributed by atoms with van der Waals surface area (Å²) in [6.45, 7) is 0.540. The molecule has 0 radical (unpaired) electrons. The fourth-order valence-electron chi connectivity index (χ4n) is 1.66. The molecule has 2 aromatic rings. The van der Waals surface area contributed by atoms with Crippen molar-refractivity contribution in [3.8, 4) is 0 Å². The minimum Gasteiger partial charge on any atom is -0.358 e. The molecular formula is C14H12ClN3O2S. The summed E-state index contributed by atoms with van der Waals surface area (Å²) in [5.74, 6) is 0. The third-order valence-electron chi connectivity index (χ3n) is 2.68. The van der Waals surface area contributed by atoms with Crippen molar-refractivity contribution in [3.05, 3.63) is 69.2 Å². The highest BCUT2D eigenvalue weighted by molar-refractivity contribution is 7.80. The van der Waals surface area contributed by atoms with Crippen LogP contribution in [0.15, 0.2) is 48.5 Å². The van der Waals surface area contributed by atoms with Crippen LogP contribution in [0.3, 0.4) is 0 Å². The molecular weight excluding hydrogens is 310 g/mol. The van der Waals surface area contributed by atoms with E-state index in [1.54, 1.807) is 24.3 Å². The second kappa shape index (κ2) is 7.01. The summed E-state index contributed by atoms with van der Waals surface area (Å²) >= 11 is 11.0. The van der Waals surface area contributed by atoms with Crippen molar-refractivity contribution in [1.29, 1.82) is 0 Å². The molecule has 108 valence electrons. The van der Waals surface area contributed by atoms with E-state index in [2.05, 4.69) is 10.6 Å². The van der Waals surface area contributed by atoms with Gasteiger partial charge in [-0.15, -0.1) is 0 Å². The molecule has 0 spiro atoms. The number of anilines is 1. The van der Waals surface area contributed by atoms with Crippen molar-refractivity contribution in [2.45, 2.75) is 6.54 Å². The lowest BCUT2D eigenvalue weighted by molar-refractivity contribution is -0.384. The molecule has 0 unspecified atom stereocenters. The lowest BCUT2D eigenvalue weighted by Crippen LogP contribution is -2.27. The Labute approximate surface area is 132 Å². The van der Waals surface area contributed by atoms with Gasteiger partial charge in [-0.05, 0) is 36.0 Å². The van der Waals surface area contributed by atoms with Gasteiger partial charge in [0.05, 0.1) is 4.92 Å². The molecule has 2 aromatic carbocycles. The van der Waals surface area contributed by atoms with Crippen LogP contribution in [0.25, 0.3) is 0 Å². The summed E-state index contributed by atoms with van der Waals surface area (Å²) in [4.78, 5) is 10.2. The van der Waals surface area contributed by atoms with Crippen molar-refractivity contribution < 1.29 is 4.92 Å². The largest absolute Gasteiger partial charge is 0.358 e. The molecule has 21 heavy (non-hydrogen) atoms. The first-order chi connectivity index (χ1) is 10.0. The molecule has 0 aromatic heterocycles. The Morgan fingerprint density at radius 3 is 2.62 bits per heavy atom. The average molecular weight is 322 g/mol. The highest BCUT2D eigenvalue weighted by Gasteiger charge is 2.06. The van der Waals surface area contributed by atoms with E-state index in [9.17, 15) is 10.1 Å². The molecule has 0 heterocycles. The summed E-state index contributed by atoms with van der Waals surface area (Å²) in [5, 5.41) is 17.7. The van der Waals surface area contributed by atoms with E-state index in [1.165, 1.54) is 12.1 Å². The van der Waals surface area contributed by atoms with Crippen LogP contribution in [0.2, 0.25) is 5.02 Å². The minimum atomic E-state index is -0.449. The van der Waals surface area contributed by atoms with Crippen molar-refractivity contribution in [2.24, 2.45) is 0 Å². The third-order valence-corrected chi connectivity index (χ3v) is 3.18. The van der Waals surface area contributed by atoms with Gasteiger partial charge < -0.3 is 10.6 Å². The number of thiocarbonyl (C=S) groups is 1. The molecule has 0 fully saturated rings. The third kappa shape index (κ3) is 4.70. The van der Waals surface area contributed by atoms with Gasteiger partial charge in [0, 0.05) is 29.4 Å². The quantitative estimate of drug-likeness (QED) is 0.510. The Morgan fingerprint density at radius 2 is 1.95 bits per heavy atom. The average Bonchev–Trinajstić information content (AvgIpc) is 2.47. The monoisotopic (exact) mass is 321 g/mol. The van der Waals surface area contributed by atoms with E-state index in [4.69, 9.17) is 23.8 Å². The summed E-state index contributed by atoms with van der Waals surface area (Å²) in [7, 11) is 0. The van der Waals surface area contributed by atoms with Gasteiger partial charge in [0.25, 0.3) is 5.69 Å². The Balaban J connectivity index is 1.91. The molecule has 0 saturated carbocycles. The zero-order valence-electron chi connectivity index (χ0n) is 10.9. The van der Waals surface area contributed by atoms with E-state index in [-0.39, 0.29) is 5.69 Å². The SMILES string of the molecule is O=[N+]([O-])c1cccc(NC(=S)NCc2ccc(Cl)cc2)c1. The lowest BCUT2D eigenvalue weighted by Gasteiger charge is -2.10. The van der Waals surface area contributed by atoms with Crippen LogP contribution in [0.4, 0.5) is 11.4 Å². The predicted molar refractivity (Wildman–Crippen MR) is 87.6 cm³/mol. The summed E-state index contributed by atoms with van der Waals surface area (Å²) in [5.41, 5.74) is 1.61. The fraction of sp³-hybridized carbons (Fsp3) is 0.0714. The fourth-order valence-corrected chi connectivity index (χ4v) is 1.97. The maximum absolute atomic E-state index is 10.7. The minimum absolute atomic E-state index is 0.0144. The summed E-state index contributed by atoms with van der Waals surface area (Å²) in [6.07, 6.45) is 0. The highest BCUT2D eigenvalue weighted by Crippen LogP contribution is 2.17. The van der Waals surface area contributed by atoms with Gasteiger partial charge in [-0.1, -0.05) is 29.8 Å². The number of nitro groups is 1. The number of hydrogen-bond acceptors (Lipinski definition) is 3. The molecule has 0 aliphatic rings. The number of halogens is 1. The van der Waals surface area contributed by atoms with Gasteiger partial charge in [-0.3, -0.25) is 10.1 Å². The van der Waals surface area contributed by atoms with Crippen LogP contribution >= 0.6 is 23.8 Å². The Morgan fingerprint density at radius 1 is 1.24 bits per heavy atom. The smallest absolute Gasteiger partial charge is 0.271 e. The van der Waals surface area contributed by atoms with E-state index in [0.29, 0.717) is 22.4 Å². The van der Waals surface area contributed by atoms with Crippen LogP contribution < -0.4 is 10.6 Å². The second-order valence-corrected chi connectivity index (χ2v) is 5.09. The normalized spacial score (nSPS) is 9.95. The summed E-state index contributed by atoms with van der Waals surface area (Å²) in [6, 6.07) is 13.6. The van der Waals surface area contributed by atoms with E-state index in [1.807, 2.05) is 12.1 Å². The highest BCUT2D eigenvalue weighted by atomic mass is 35.5. The Bertz CT molecular complexity index is 662. The predicted octanol–water partition coefficient (Wildman–Crippen LogP) is 3.73. The molecule has 0 aliphatic heterocycles. The van der Waals surface area contributed by atoms with Crippen molar-refractivity contribution in [2.75, 3.05) is 5.32 Å². The summed E-state index contributed by atoms with van der Waals surface area (Å²) < 4.78 is 0. The van der Waals surface area contributed by atoms with Crippen LogP contribution in [-0.2, 0) is 6.54 Å². The molecule has 7 heteroatoms. The first-order valence-electron chi connectivity index (χ1n) is 6.08. The molecule has 0 aliphatic carbocycles. The maximum atomic E-state index is 10.7. The molecule has 5 nitrogen and oxygen atoms in total. The van der Waals surface area contributed by atoms with Gasteiger partial charge in [0.2, 0.25) is 0 Å². The zero-order chi connectivity index (χ0) is 15.2. The van der Waals surface area contributed by atoms with Crippen LogP contribution in [0.5, 0.6) is 0 Å². The first-order valence-corrected chi connectivity index (χ1v) is 6.87. The van der Waals surface area contributed by atoms with Crippen LogP contribution in [0, 0.1) is 10.1 Å². The number of benzene rings is 2.